The quantitative estimate of drug-likeness (QED) is 0.344. The Hall–Kier alpha value is -2.62. The number of nitrogens with one attached hydrogen (secondary N) is 2. The van der Waals surface area contributed by atoms with Gasteiger partial charge in [-0.1, -0.05) is 0 Å². The van der Waals surface area contributed by atoms with Gasteiger partial charge in [-0.2, -0.15) is 17.4 Å². The second-order valence-corrected chi connectivity index (χ2v) is 17.6. The molecule has 2 atom stereocenters. The van der Waals surface area contributed by atoms with Gasteiger partial charge in [0, 0.05) is 68.3 Å². The molecule has 7 rings (SSSR count). The largest absolute Gasteiger partial charge is 0.451 e. The van der Waals surface area contributed by atoms with Crippen molar-refractivity contribution < 1.29 is 22.3 Å². The van der Waals surface area contributed by atoms with Gasteiger partial charge in [0.25, 0.3) is 16.1 Å². The fraction of sp³-hybridized carbons (Fsp3) is 0.694. The van der Waals surface area contributed by atoms with Gasteiger partial charge in [-0.3, -0.25) is 4.79 Å². The van der Waals surface area contributed by atoms with Crippen molar-refractivity contribution in [3.8, 4) is 11.5 Å². The van der Waals surface area contributed by atoms with E-state index in [1.165, 1.54) is 24.5 Å². The van der Waals surface area contributed by atoms with Crippen molar-refractivity contribution in [3.05, 3.63) is 42.1 Å². The van der Waals surface area contributed by atoms with Gasteiger partial charge in [0.05, 0.1) is 11.8 Å². The molecule has 12 nitrogen and oxygen atoms in total. The monoisotopic (exact) mass is 748 g/mol. The number of ether oxygens (including phenoxy) is 1. The highest BCUT2D eigenvalue weighted by Gasteiger charge is 2.47. The van der Waals surface area contributed by atoms with Crippen LogP contribution in [0.5, 0.6) is 11.5 Å². The lowest BCUT2D eigenvalue weighted by molar-refractivity contribution is 0.0617. The molecule has 5 aliphatic rings. The van der Waals surface area contributed by atoms with Gasteiger partial charge in [0.15, 0.2) is 11.6 Å². The van der Waals surface area contributed by atoms with E-state index in [-0.39, 0.29) is 59.2 Å². The summed E-state index contributed by atoms with van der Waals surface area (Å²) >= 11 is 0. The molecule has 2 bridgehead atoms. The molecule has 282 valence electrons. The predicted molar refractivity (Wildman–Crippen MR) is 197 cm³/mol. The number of amides is 1. The van der Waals surface area contributed by atoms with Crippen molar-refractivity contribution in [2.24, 2.45) is 11.3 Å². The summed E-state index contributed by atoms with van der Waals surface area (Å²) in [6, 6.07) is 4.38. The molecule has 1 saturated carbocycles. The molecule has 51 heavy (non-hydrogen) atoms. The van der Waals surface area contributed by atoms with E-state index in [9.17, 15) is 17.6 Å². The molecule has 2 aromatic rings. The molecular weight excluding hydrogens is 695 g/mol. The smallest absolute Gasteiger partial charge is 0.280 e. The van der Waals surface area contributed by atoms with Gasteiger partial charge >= 0.3 is 0 Å². The van der Waals surface area contributed by atoms with E-state index in [2.05, 4.69) is 29.8 Å². The molecular formula is C36H54ClFN8O4S. The number of rotatable bonds is 11. The van der Waals surface area contributed by atoms with E-state index in [1.807, 2.05) is 27.7 Å². The maximum atomic E-state index is 14.4. The first-order chi connectivity index (χ1) is 23.9. The Morgan fingerprint density at radius 2 is 1.80 bits per heavy atom. The number of anilines is 1. The van der Waals surface area contributed by atoms with Crippen LogP contribution in [0.3, 0.4) is 0 Å². The van der Waals surface area contributed by atoms with Gasteiger partial charge in [-0.15, -0.1) is 12.4 Å². The Kier molecular flexibility index (Phi) is 11.5. The van der Waals surface area contributed by atoms with Crippen LogP contribution in [-0.4, -0.2) is 114 Å². The van der Waals surface area contributed by atoms with Gasteiger partial charge in [0.1, 0.15) is 17.9 Å². The first-order valence-electron chi connectivity index (χ1n) is 18.5. The summed E-state index contributed by atoms with van der Waals surface area (Å²) in [5, 5.41) is 3.38. The number of piperazine rings is 1. The standard InChI is InChI=1S/C36H53FN8O4S.ClH/c1-24(2)45(25(3)4)35(46)31-15-27(37)7-10-32(31)49-33-18-38-23-40-34(33)43-21-36(22-43)11-13-42(14-12-36)19-26-5-8-28(9-6-26)41-50(47,48)44-20-29-16-30(44)17-39-29;/h7,10,15,18,23-26,28-30,39,41H,5-6,8-9,11-14,16-17,19-22H2,1-4H3;1H/t26?,28?,29-,30-;/m0./s1. The van der Waals surface area contributed by atoms with Crippen LogP contribution >= 0.6 is 12.4 Å². The van der Waals surface area contributed by atoms with Crippen LogP contribution in [0.25, 0.3) is 0 Å². The summed E-state index contributed by atoms with van der Waals surface area (Å²) in [5.74, 6) is 1.24. The maximum Gasteiger partial charge on any atom is 0.280 e. The molecule has 1 spiro atoms. The lowest BCUT2D eigenvalue weighted by atomic mass is 9.71. The Morgan fingerprint density at radius 3 is 2.43 bits per heavy atom. The second-order valence-electron chi connectivity index (χ2n) is 15.9. The first-order valence-corrected chi connectivity index (χ1v) is 19.9. The van der Waals surface area contributed by atoms with Crippen molar-refractivity contribution in [1.82, 2.24) is 34.1 Å². The van der Waals surface area contributed by atoms with Crippen molar-refractivity contribution in [1.29, 1.82) is 0 Å². The zero-order chi connectivity index (χ0) is 35.2. The summed E-state index contributed by atoms with van der Waals surface area (Å²) in [5.41, 5.74) is 0.404. The molecule has 4 aliphatic heterocycles. The lowest BCUT2D eigenvalue weighted by Crippen LogP contribution is -2.61. The second kappa shape index (κ2) is 15.4. The van der Waals surface area contributed by atoms with Crippen LogP contribution in [0, 0.1) is 17.2 Å². The average Bonchev–Trinajstić information content (AvgIpc) is 3.71. The SMILES string of the molecule is CC(C)N(C(=O)c1cc(F)ccc1Oc1cncnc1N1CC2(CCN(CC3CCC(NS(=O)(=O)N4C[C@@H]5C[C@H]4CN5)CC3)CC2)C1)C(C)C.Cl. The zero-order valence-corrected chi connectivity index (χ0v) is 31.9. The normalized spacial score (nSPS) is 26.4. The molecule has 5 fully saturated rings. The number of piperidine rings is 1. The van der Waals surface area contributed by atoms with Crippen LogP contribution in [-0.2, 0) is 10.2 Å². The van der Waals surface area contributed by atoms with Crippen LogP contribution in [0.15, 0.2) is 30.7 Å². The minimum absolute atomic E-state index is 0. The number of nitrogens with zero attached hydrogens (tertiary/aromatic N) is 6. The summed E-state index contributed by atoms with van der Waals surface area (Å²) in [6.07, 6.45) is 10.2. The maximum absolute atomic E-state index is 14.4. The number of hydrogen-bond acceptors (Lipinski definition) is 9. The molecule has 15 heteroatoms. The van der Waals surface area contributed by atoms with E-state index < -0.39 is 16.0 Å². The van der Waals surface area contributed by atoms with Crippen molar-refractivity contribution >= 4 is 34.3 Å². The highest BCUT2D eigenvalue weighted by molar-refractivity contribution is 7.87. The Labute approximate surface area is 308 Å². The Morgan fingerprint density at radius 1 is 1.10 bits per heavy atom. The number of hydrogen-bond donors (Lipinski definition) is 2. The highest BCUT2D eigenvalue weighted by atomic mass is 35.5. The molecule has 5 heterocycles. The number of aromatic nitrogens is 2. The third kappa shape index (κ3) is 8.16. The molecule has 0 unspecified atom stereocenters. The molecule has 2 N–H and O–H groups in total. The number of carbonyl (C=O) groups is 1. The van der Waals surface area contributed by atoms with E-state index in [1.54, 1.807) is 15.4 Å². The number of likely N-dealkylation sites (tertiary alicyclic amines) is 1. The third-order valence-electron chi connectivity index (χ3n) is 11.7. The van der Waals surface area contributed by atoms with Gasteiger partial charge in [0.2, 0.25) is 0 Å². The molecule has 4 saturated heterocycles. The van der Waals surface area contributed by atoms with E-state index >= 15 is 0 Å². The minimum Gasteiger partial charge on any atom is -0.451 e. The Bertz CT molecular complexity index is 1640. The third-order valence-corrected chi connectivity index (χ3v) is 13.4. The zero-order valence-electron chi connectivity index (χ0n) is 30.3. The number of fused-ring (bicyclic) bond motifs is 2. The van der Waals surface area contributed by atoms with Gasteiger partial charge in [-0.25, -0.2) is 14.4 Å². The van der Waals surface area contributed by atoms with Crippen molar-refractivity contribution in [3.63, 3.8) is 0 Å². The van der Waals surface area contributed by atoms with E-state index in [4.69, 9.17) is 4.74 Å². The molecule has 0 radical (unpaired) electrons. The number of carbonyl (C=O) groups excluding carboxylic acids is 1. The first kappa shape index (κ1) is 38.1. The van der Waals surface area contributed by atoms with Crippen LogP contribution in [0.2, 0.25) is 0 Å². The molecule has 1 aliphatic carbocycles. The molecule has 1 aromatic heterocycles. The fourth-order valence-electron chi connectivity index (χ4n) is 9.06. The summed E-state index contributed by atoms with van der Waals surface area (Å²) in [4.78, 5) is 28.9. The van der Waals surface area contributed by atoms with E-state index in [0.29, 0.717) is 30.1 Å². The molecule has 1 aromatic carbocycles. The van der Waals surface area contributed by atoms with Crippen LogP contribution < -0.4 is 19.7 Å². The Balaban J connectivity index is 0.00000448. The van der Waals surface area contributed by atoms with Crippen molar-refractivity contribution in [2.45, 2.75) is 103 Å². The van der Waals surface area contributed by atoms with Crippen molar-refractivity contribution in [2.75, 3.05) is 50.7 Å². The van der Waals surface area contributed by atoms with E-state index in [0.717, 1.165) is 84.2 Å². The highest BCUT2D eigenvalue weighted by Crippen LogP contribution is 2.45. The van der Waals surface area contributed by atoms with Crippen LogP contribution in [0.1, 0.15) is 83.0 Å². The molecule has 1 amide bonds. The van der Waals surface area contributed by atoms with Gasteiger partial charge < -0.3 is 24.8 Å². The number of halogens is 2. The predicted octanol–water partition coefficient (Wildman–Crippen LogP) is 4.43. The topological polar surface area (TPSA) is 123 Å². The summed E-state index contributed by atoms with van der Waals surface area (Å²) < 4.78 is 51.5. The summed E-state index contributed by atoms with van der Waals surface area (Å²) in [6.45, 7) is 14.1. The lowest BCUT2D eigenvalue weighted by Gasteiger charge is -2.54. The summed E-state index contributed by atoms with van der Waals surface area (Å²) in [7, 11) is -3.42. The van der Waals surface area contributed by atoms with Crippen LogP contribution in [0.4, 0.5) is 10.2 Å². The fourth-order valence-corrected chi connectivity index (χ4v) is 10.8. The number of benzene rings is 1. The van der Waals surface area contributed by atoms with Gasteiger partial charge in [-0.05, 0) is 110 Å². The minimum atomic E-state index is -3.42. The average molecular weight is 749 g/mol.